The van der Waals surface area contributed by atoms with Crippen molar-refractivity contribution in [3.8, 4) is 23.1 Å². The number of hydrogen-bond acceptors (Lipinski definition) is 4. The van der Waals surface area contributed by atoms with Gasteiger partial charge in [-0.1, -0.05) is 76.2 Å². The van der Waals surface area contributed by atoms with Gasteiger partial charge in [0.05, 0.1) is 22.1 Å². The lowest BCUT2D eigenvalue weighted by Crippen LogP contribution is -2.27. The summed E-state index contributed by atoms with van der Waals surface area (Å²) in [4.78, 5) is 9.34. The van der Waals surface area contributed by atoms with Crippen molar-refractivity contribution in [2.75, 3.05) is 0 Å². The van der Waals surface area contributed by atoms with Crippen molar-refractivity contribution >= 4 is 43.6 Å². The Morgan fingerprint density at radius 3 is 1.87 bits per heavy atom. The van der Waals surface area contributed by atoms with Gasteiger partial charge in [-0.05, 0) is 48.0 Å². The molecule has 4 aromatic carbocycles. The van der Waals surface area contributed by atoms with E-state index in [4.69, 9.17) is 0 Å². The molecule has 0 saturated heterocycles. The summed E-state index contributed by atoms with van der Waals surface area (Å²) in [5.41, 5.74) is 8.63. The molecule has 6 heteroatoms. The Morgan fingerprint density at radius 2 is 1.11 bits per heavy atom. The Labute approximate surface area is 265 Å². The molecule has 2 aliphatic heterocycles. The van der Waals surface area contributed by atoms with Gasteiger partial charge in [-0.15, -0.1) is 0 Å². The Hall–Kier alpha value is -5.62. The molecule has 0 saturated carbocycles. The van der Waals surface area contributed by atoms with Crippen molar-refractivity contribution in [2.24, 2.45) is 0 Å². The van der Waals surface area contributed by atoms with Gasteiger partial charge in [-0.3, -0.25) is 9.13 Å². The highest BCUT2D eigenvalue weighted by Crippen LogP contribution is 2.50. The molecule has 2 aliphatic rings. The molecule has 6 nitrogen and oxygen atoms in total. The Morgan fingerprint density at radius 1 is 0.522 bits per heavy atom. The predicted molar refractivity (Wildman–Crippen MR) is 185 cm³/mol. The van der Waals surface area contributed by atoms with Crippen LogP contribution in [0, 0.1) is 0 Å². The summed E-state index contributed by atoms with van der Waals surface area (Å²) in [7, 11) is 0. The zero-order valence-electron chi connectivity index (χ0n) is 26.1. The number of aromatic nitrogens is 4. The fraction of sp³-hybridized carbons (Fsp3) is 0.150. The van der Waals surface area contributed by atoms with E-state index in [9.17, 15) is 10.2 Å². The van der Waals surface area contributed by atoms with Gasteiger partial charge in [0.15, 0.2) is 0 Å². The minimum atomic E-state index is -0.294. The average Bonchev–Trinajstić information content (AvgIpc) is 3.56. The lowest BCUT2D eigenvalue weighted by Gasteiger charge is -2.34. The number of rotatable bonds is 0. The van der Waals surface area contributed by atoms with Crippen molar-refractivity contribution in [3.05, 3.63) is 132 Å². The first-order chi connectivity index (χ1) is 22.2. The van der Waals surface area contributed by atoms with E-state index in [-0.39, 0.29) is 16.6 Å². The number of pyridine rings is 2. The maximum Gasteiger partial charge on any atom is 0.141 e. The lowest BCUT2D eigenvalue weighted by atomic mass is 9.75. The number of benzene rings is 4. The second-order valence-electron chi connectivity index (χ2n) is 13.4. The van der Waals surface area contributed by atoms with Crippen LogP contribution in [0.25, 0.3) is 55.2 Å². The molecule has 6 heterocycles. The molecule has 4 aromatic heterocycles. The molecule has 46 heavy (non-hydrogen) atoms. The second kappa shape index (κ2) is 8.98. The number of aromatic hydroxyl groups is 2. The van der Waals surface area contributed by atoms with Crippen LogP contribution in [0.2, 0.25) is 0 Å². The van der Waals surface area contributed by atoms with Crippen LogP contribution in [0.1, 0.15) is 49.9 Å². The van der Waals surface area contributed by atoms with E-state index in [0.29, 0.717) is 5.75 Å². The standard InChI is InChI=1S/2C20H16N2O/c1-20(2)15-6-3-5-14-13-9-8-12(23)11-17(13)22(18(14)15)19-16(20)7-4-10-21-19;1-20(2)14-7-5-11-21-19(14)22-15-8-4-3-6-12(15)13-9-10-16(23)17(20)18(13)22/h2*3-11,23H,1-2H3. The summed E-state index contributed by atoms with van der Waals surface area (Å²) < 4.78 is 4.39. The summed E-state index contributed by atoms with van der Waals surface area (Å²) in [6.07, 6.45) is 3.67. The van der Waals surface area contributed by atoms with Crippen LogP contribution < -0.4 is 0 Å². The Balaban J connectivity index is 0.000000127. The molecular formula is C40H32N4O2. The van der Waals surface area contributed by atoms with Crippen LogP contribution in [0.4, 0.5) is 0 Å². The highest BCUT2D eigenvalue weighted by atomic mass is 16.3. The van der Waals surface area contributed by atoms with Crippen LogP contribution >= 0.6 is 0 Å². The van der Waals surface area contributed by atoms with Gasteiger partial charge < -0.3 is 10.2 Å². The molecule has 0 spiro atoms. The summed E-state index contributed by atoms with van der Waals surface area (Å²) in [6, 6.07) is 32.5. The highest BCUT2D eigenvalue weighted by Gasteiger charge is 2.38. The van der Waals surface area contributed by atoms with Gasteiger partial charge in [0.1, 0.15) is 23.1 Å². The maximum absolute atomic E-state index is 10.6. The number of para-hydroxylation sites is 2. The Bertz CT molecular complexity index is 2560. The second-order valence-corrected chi connectivity index (χ2v) is 13.4. The molecule has 224 valence electrons. The molecule has 8 aromatic rings. The molecule has 0 unspecified atom stereocenters. The Kier molecular flexibility index (Phi) is 5.22. The van der Waals surface area contributed by atoms with E-state index in [2.05, 4.69) is 95.3 Å². The topological polar surface area (TPSA) is 76.1 Å². The smallest absolute Gasteiger partial charge is 0.141 e. The van der Waals surface area contributed by atoms with Crippen LogP contribution in [-0.4, -0.2) is 29.3 Å². The van der Waals surface area contributed by atoms with E-state index < -0.39 is 0 Å². The van der Waals surface area contributed by atoms with Crippen LogP contribution in [0.3, 0.4) is 0 Å². The van der Waals surface area contributed by atoms with Crippen molar-refractivity contribution in [3.63, 3.8) is 0 Å². The van der Waals surface area contributed by atoms with E-state index >= 15 is 0 Å². The third kappa shape index (κ3) is 3.31. The van der Waals surface area contributed by atoms with Gasteiger partial charge in [0.25, 0.3) is 0 Å². The summed E-state index contributed by atoms with van der Waals surface area (Å²) in [5.74, 6) is 2.55. The highest BCUT2D eigenvalue weighted by molar-refractivity contribution is 6.13. The van der Waals surface area contributed by atoms with Gasteiger partial charge in [0.2, 0.25) is 0 Å². The third-order valence-corrected chi connectivity index (χ3v) is 10.2. The van der Waals surface area contributed by atoms with E-state index in [0.717, 1.165) is 50.1 Å². The van der Waals surface area contributed by atoms with Gasteiger partial charge in [0, 0.05) is 67.5 Å². The monoisotopic (exact) mass is 600 g/mol. The van der Waals surface area contributed by atoms with Crippen molar-refractivity contribution in [1.82, 2.24) is 19.1 Å². The zero-order chi connectivity index (χ0) is 31.5. The fourth-order valence-corrected chi connectivity index (χ4v) is 8.07. The quantitative estimate of drug-likeness (QED) is 0.182. The van der Waals surface area contributed by atoms with Crippen molar-refractivity contribution in [1.29, 1.82) is 0 Å². The van der Waals surface area contributed by atoms with Crippen LogP contribution in [0.5, 0.6) is 11.5 Å². The fourth-order valence-electron chi connectivity index (χ4n) is 8.07. The lowest BCUT2D eigenvalue weighted by molar-refractivity contribution is 0.453. The van der Waals surface area contributed by atoms with Crippen molar-refractivity contribution < 1.29 is 10.2 Å². The molecule has 0 aliphatic carbocycles. The summed E-state index contributed by atoms with van der Waals surface area (Å²) in [6.45, 7) is 8.81. The van der Waals surface area contributed by atoms with Crippen molar-refractivity contribution in [2.45, 2.75) is 38.5 Å². The first-order valence-corrected chi connectivity index (χ1v) is 15.6. The van der Waals surface area contributed by atoms with E-state index in [1.54, 1.807) is 6.07 Å². The molecule has 2 N–H and O–H groups in total. The molecule has 10 rings (SSSR count). The van der Waals surface area contributed by atoms with E-state index in [1.807, 2.05) is 54.9 Å². The minimum absolute atomic E-state index is 0.102. The van der Waals surface area contributed by atoms with E-state index in [1.165, 1.54) is 27.4 Å². The molecule has 0 amide bonds. The largest absolute Gasteiger partial charge is 0.508 e. The molecule has 0 radical (unpaired) electrons. The van der Waals surface area contributed by atoms with Gasteiger partial charge in [-0.2, -0.15) is 0 Å². The molecule has 0 fully saturated rings. The number of hydrogen-bond donors (Lipinski definition) is 2. The third-order valence-electron chi connectivity index (χ3n) is 10.2. The van der Waals surface area contributed by atoms with Crippen LogP contribution in [0.15, 0.2) is 109 Å². The summed E-state index contributed by atoms with van der Waals surface area (Å²) in [5, 5.41) is 25.3. The van der Waals surface area contributed by atoms with Crippen LogP contribution in [-0.2, 0) is 10.8 Å². The summed E-state index contributed by atoms with van der Waals surface area (Å²) >= 11 is 0. The zero-order valence-corrected chi connectivity index (χ0v) is 26.1. The number of phenols is 2. The van der Waals surface area contributed by atoms with Gasteiger partial charge >= 0.3 is 0 Å². The normalized spacial score (nSPS) is 15.0. The molecule has 0 atom stereocenters. The minimum Gasteiger partial charge on any atom is -0.508 e. The first-order valence-electron chi connectivity index (χ1n) is 15.6. The maximum atomic E-state index is 10.6. The number of fused-ring (bicyclic) bond motifs is 10. The van der Waals surface area contributed by atoms with Gasteiger partial charge in [-0.25, -0.2) is 9.97 Å². The number of phenolic OH excluding ortho intramolecular Hbond substituents is 2. The molecular weight excluding hydrogens is 568 g/mol. The first kappa shape index (κ1) is 26.8. The molecule has 0 bridgehead atoms. The predicted octanol–water partition coefficient (Wildman–Crippen LogP) is 9.05. The average molecular weight is 601 g/mol. The number of nitrogens with zero attached hydrogens (tertiary/aromatic N) is 4. The SMILES string of the molecule is CC1(C)c2cccnc2-n2c3cc(O)ccc3c3cccc1c32.CC1(C)c2cccnc2-n2c3ccccc3c3ccc(O)c1c32.